The van der Waals surface area contributed by atoms with Crippen LogP contribution in [0.2, 0.25) is 0 Å². The zero-order valence-corrected chi connectivity index (χ0v) is 23.5. The summed E-state index contributed by atoms with van der Waals surface area (Å²) in [5, 5.41) is 2.68. The molecule has 2 aromatic carbocycles. The van der Waals surface area contributed by atoms with Crippen LogP contribution in [-0.2, 0) is 31.4 Å². The third-order valence-corrected chi connectivity index (χ3v) is 10.1. The van der Waals surface area contributed by atoms with Gasteiger partial charge in [-0.25, -0.2) is 21.6 Å². The Morgan fingerprint density at radius 2 is 1.64 bits per heavy atom. The Labute approximate surface area is 229 Å². The molecule has 4 rings (SSSR count). The molecule has 12 heteroatoms. The number of sulfonamides is 2. The molecule has 0 unspecified atom stereocenters. The number of methoxy groups -OCH3 is 1. The number of amides is 1. The van der Waals surface area contributed by atoms with E-state index in [2.05, 4.69) is 10.0 Å². The van der Waals surface area contributed by atoms with Gasteiger partial charge in [0, 0.05) is 11.7 Å². The number of benzene rings is 2. The van der Waals surface area contributed by atoms with Gasteiger partial charge in [-0.1, -0.05) is 19.8 Å². The average Bonchev–Trinajstić information content (AvgIpc) is 3.43. The number of hydrogen-bond acceptors (Lipinski definition) is 7. The normalized spacial score (nSPS) is 18.1. The van der Waals surface area contributed by atoms with Crippen molar-refractivity contribution in [1.82, 2.24) is 9.03 Å². The van der Waals surface area contributed by atoms with Gasteiger partial charge in [0.2, 0.25) is 26.0 Å². The average molecular weight is 576 g/mol. The van der Waals surface area contributed by atoms with Crippen LogP contribution in [0.1, 0.15) is 38.4 Å². The molecule has 3 aromatic rings. The van der Waals surface area contributed by atoms with Gasteiger partial charge in [-0.15, -0.1) is 0 Å². The molecule has 1 heterocycles. The van der Waals surface area contributed by atoms with E-state index in [9.17, 15) is 21.6 Å². The second-order valence-electron chi connectivity index (χ2n) is 9.59. The van der Waals surface area contributed by atoms with Crippen LogP contribution in [0.25, 0.3) is 0 Å². The highest BCUT2D eigenvalue weighted by molar-refractivity contribution is 7.89. The van der Waals surface area contributed by atoms with Gasteiger partial charge in [0.1, 0.15) is 11.5 Å². The molecule has 0 saturated heterocycles. The van der Waals surface area contributed by atoms with Gasteiger partial charge in [0.05, 0.1) is 36.3 Å². The van der Waals surface area contributed by atoms with E-state index in [0.717, 1.165) is 30.0 Å². The standard InChI is InChI=1S/C27H33N3O7S2/c1-20-6-3-4-8-26(20)29-38(32,33)24-13-15-25(16-14-24)39(34,35)30(18-23-7-5-17-37-23)19-27(31)28-21-9-11-22(36-2)12-10-21/h5,7,9-17,20,26,29H,3-4,6,8,18-19H2,1-2H3,(H,28,31)/t20-,26+/m1/s1. The van der Waals surface area contributed by atoms with Crippen LogP contribution in [0.15, 0.2) is 81.1 Å². The minimum Gasteiger partial charge on any atom is -0.497 e. The molecule has 1 saturated carbocycles. The summed E-state index contributed by atoms with van der Waals surface area (Å²) < 4.78 is 67.3. The maximum Gasteiger partial charge on any atom is 0.243 e. The summed E-state index contributed by atoms with van der Waals surface area (Å²) in [4.78, 5) is 12.7. The Kier molecular flexibility index (Phi) is 9.11. The number of ether oxygens (including phenoxy) is 1. The van der Waals surface area contributed by atoms with Crippen LogP contribution >= 0.6 is 0 Å². The van der Waals surface area contributed by atoms with E-state index < -0.39 is 32.5 Å². The lowest BCUT2D eigenvalue weighted by Crippen LogP contribution is -2.41. The summed E-state index contributed by atoms with van der Waals surface area (Å²) in [6, 6.07) is 14.7. The second kappa shape index (κ2) is 12.3. The van der Waals surface area contributed by atoms with Crippen LogP contribution in [-0.4, -0.2) is 46.7 Å². The molecule has 2 N–H and O–H groups in total. The van der Waals surface area contributed by atoms with Crippen LogP contribution in [0.3, 0.4) is 0 Å². The van der Waals surface area contributed by atoms with E-state index >= 15 is 0 Å². The minimum absolute atomic E-state index is 0.0194. The fraction of sp³-hybridized carbons (Fsp3) is 0.370. The molecule has 1 aliphatic rings. The van der Waals surface area contributed by atoms with Crippen LogP contribution < -0.4 is 14.8 Å². The third-order valence-electron chi connectivity index (χ3n) is 6.80. The van der Waals surface area contributed by atoms with Crippen molar-refractivity contribution in [3.8, 4) is 5.75 Å². The predicted octanol–water partition coefficient (Wildman–Crippen LogP) is 3.97. The summed E-state index contributed by atoms with van der Waals surface area (Å²) in [6.07, 6.45) is 5.19. The highest BCUT2D eigenvalue weighted by Gasteiger charge is 2.30. The number of hydrogen-bond donors (Lipinski definition) is 2. The highest BCUT2D eigenvalue weighted by atomic mass is 32.2. The lowest BCUT2D eigenvalue weighted by molar-refractivity contribution is -0.116. The maximum absolute atomic E-state index is 13.6. The summed E-state index contributed by atoms with van der Waals surface area (Å²) in [5.74, 6) is 0.637. The molecule has 39 heavy (non-hydrogen) atoms. The zero-order chi connectivity index (χ0) is 28.0. The number of anilines is 1. The topological polar surface area (TPSA) is 135 Å². The molecule has 1 aromatic heterocycles. The number of nitrogens with zero attached hydrogens (tertiary/aromatic N) is 1. The van der Waals surface area contributed by atoms with Gasteiger partial charge >= 0.3 is 0 Å². The van der Waals surface area contributed by atoms with E-state index in [4.69, 9.17) is 9.15 Å². The van der Waals surface area contributed by atoms with E-state index in [0.29, 0.717) is 17.2 Å². The first kappa shape index (κ1) is 28.8. The molecule has 1 fully saturated rings. The molecular formula is C27H33N3O7S2. The van der Waals surface area contributed by atoms with Crippen LogP contribution in [0.5, 0.6) is 5.75 Å². The molecule has 0 radical (unpaired) electrons. The van der Waals surface area contributed by atoms with E-state index in [1.807, 2.05) is 6.92 Å². The van der Waals surface area contributed by atoms with Crippen LogP contribution in [0.4, 0.5) is 5.69 Å². The van der Waals surface area contributed by atoms with Crippen molar-refractivity contribution in [2.75, 3.05) is 19.0 Å². The van der Waals surface area contributed by atoms with Gasteiger partial charge in [0.15, 0.2) is 0 Å². The quantitative estimate of drug-likeness (QED) is 0.353. The van der Waals surface area contributed by atoms with E-state index in [1.54, 1.807) is 36.4 Å². The van der Waals surface area contributed by atoms with Gasteiger partial charge in [-0.05, 0) is 79.4 Å². The maximum atomic E-state index is 13.6. The predicted molar refractivity (Wildman–Crippen MR) is 146 cm³/mol. The molecule has 10 nitrogen and oxygen atoms in total. The monoisotopic (exact) mass is 575 g/mol. The SMILES string of the molecule is COc1ccc(NC(=O)CN(Cc2ccco2)S(=O)(=O)c2ccc(S(=O)(=O)N[C@H]3CCCC[C@H]3C)cc2)cc1. The van der Waals surface area contributed by atoms with E-state index in [1.165, 1.54) is 37.6 Å². The van der Waals surface area contributed by atoms with Gasteiger partial charge in [-0.3, -0.25) is 4.79 Å². The summed E-state index contributed by atoms with van der Waals surface area (Å²) in [6.45, 7) is 1.35. The molecule has 210 valence electrons. The number of carbonyl (C=O) groups is 1. The Morgan fingerprint density at radius 1 is 0.974 bits per heavy atom. The second-order valence-corrected chi connectivity index (χ2v) is 13.2. The summed E-state index contributed by atoms with van der Waals surface area (Å²) in [7, 11) is -6.49. The van der Waals surface area contributed by atoms with Gasteiger partial charge in [0.25, 0.3) is 0 Å². The molecule has 2 atom stereocenters. The molecule has 1 amide bonds. The summed E-state index contributed by atoms with van der Waals surface area (Å²) in [5.41, 5.74) is 0.477. The Bertz CT molecular complexity index is 1450. The fourth-order valence-corrected chi connectivity index (χ4v) is 7.28. The summed E-state index contributed by atoms with van der Waals surface area (Å²) >= 11 is 0. The number of carbonyl (C=O) groups excluding carboxylic acids is 1. The van der Waals surface area contributed by atoms with Gasteiger partial charge in [-0.2, -0.15) is 4.31 Å². The first-order valence-electron chi connectivity index (χ1n) is 12.7. The van der Waals surface area contributed by atoms with Crippen molar-refractivity contribution in [2.45, 2.75) is 55.0 Å². The molecule has 1 aliphatic carbocycles. The number of furan rings is 1. The highest BCUT2D eigenvalue weighted by Crippen LogP contribution is 2.26. The first-order chi connectivity index (χ1) is 18.6. The van der Waals surface area contributed by atoms with Crippen molar-refractivity contribution in [3.63, 3.8) is 0 Å². The smallest absolute Gasteiger partial charge is 0.243 e. The number of rotatable bonds is 11. The molecular weight excluding hydrogens is 542 g/mol. The molecule has 0 spiro atoms. The number of nitrogens with one attached hydrogen (secondary N) is 2. The zero-order valence-electron chi connectivity index (χ0n) is 21.9. The fourth-order valence-electron chi connectivity index (χ4n) is 4.54. The van der Waals surface area contributed by atoms with Crippen molar-refractivity contribution >= 4 is 31.6 Å². The third kappa shape index (κ3) is 7.27. The Morgan fingerprint density at radius 3 is 2.26 bits per heavy atom. The minimum atomic E-state index is -4.20. The van der Waals surface area contributed by atoms with Crippen molar-refractivity contribution in [3.05, 3.63) is 72.7 Å². The van der Waals surface area contributed by atoms with Crippen molar-refractivity contribution in [2.24, 2.45) is 5.92 Å². The van der Waals surface area contributed by atoms with Crippen molar-refractivity contribution < 1.29 is 30.8 Å². The van der Waals surface area contributed by atoms with E-state index in [-0.39, 0.29) is 28.3 Å². The molecule has 0 aliphatic heterocycles. The molecule has 0 bridgehead atoms. The van der Waals surface area contributed by atoms with Crippen LogP contribution in [0, 0.1) is 5.92 Å². The Hall–Kier alpha value is -3.19. The van der Waals surface area contributed by atoms with Crippen molar-refractivity contribution in [1.29, 1.82) is 0 Å². The first-order valence-corrected chi connectivity index (χ1v) is 15.6. The largest absolute Gasteiger partial charge is 0.497 e. The Balaban J connectivity index is 1.52. The van der Waals surface area contributed by atoms with Gasteiger partial charge < -0.3 is 14.5 Å². The lowest BCUT2D eigenvalue weighted by Gasteiger charge is -2.29. The lowest BCUT2D eigenvalue weighted by atomic mass is 9.87.